The average molecular weight is 180 g/mol. The van der Waals surface area contributed by atoms with Gasteiger partial charge in [0.2, 0.25) is 0 Å². The maximum atomic E-state index is 7.89. The second-order valence-electron chi connectivity index (χ2n) is 4.11. The zero-order chi connectivity index (χ0) is 9.52. The highest BCUT2D eigenvalue weighted by Crippen LogP contribution is 2.26. The molecule has 1 aliphatic carbocycles. The highest BCUT2D eigenvalue weighted by Gasteiger charge is 2.18. The third-order valence-corrected chi connectivity index (χ3v) is 2.92. The van der Waals surface area contributed by atoms with Crippen molar-refractivity contribution in [2.24, 2.45) is 5.92 Å². The molecule has 0 heterocycles. The summed E-state index contributed by atoms with van der Waals surface area (Å²) in [6, 6.07) is 0. The van der Waals surface area contributed by atoms with E-state index in [4.69, 9.17) is 5.41 Å². The summed E-state index contributed by atoms with van der Waals surface area (Å²) < 4.78 is 0. The number of unbranched alkanes of at least 4 members (excludes halogenated alkanes) is 3. The normalized spacial score (nSPS) is 17.9. The van der Waals surface area contributed by atoms with Crippen LogP contribution in [0.15, 0.2) is 0 Å². The Balaban J connectivity index is 2.03. The zero-order valence-corrected chi connectivity index (χ0v) is 8.81. The lowest BCUT2D eigenvalue weighted by Crippen LogP contribution is -2.09. The second-order valence-corrected chi connectivity index (χ2v) is 4.11. The van der Waals surface area contributed by atoms with E-state index >= 15 is 0 Å². The highest BCUT2D eigenvalue weighted by molar-refractivity contribution is 5.85. The molecule has 0 aromatic carbocycles. The summed E-state index contributed by atoms with van der Waals surface area (Å²) in [7, 11) is 0. The molecule has 1 unspecified atom stereocenters. The Morgan fingerprint density at radius 2 is 2.23 bits per heavy atom. The van der Waals surface area contributed by atoms with Crippen molar-refractivity contribution in [3.8, 4) is 0 Å². The largest absolute Gasteiger partial charge is 0.309 e. The van der Waals surface area contributed by atoms with Crippen molar-refractivity contribution in [1.82, 2.24) is 0 Å². The van der Waals surface area contributed by atoms with Crippen molar-refractivity contribution in [1.29, 1.82) is 5.41 Å². The van der Waals surface area contributed by atoms with E-state index in [9.17, 15) is 0 Å². The van der Waals surface area contributed by atoms with Gasteiger partial charge >= 0.3 is 0 Å². The average Bonchev–Trinajstić information content (AvgIpc) is 2.65. The summed E-state index contributed by atoms with van der Waals surface area (Å²) in [5.74, 6) is 0.543. The molecule has 1 nitrogen and oxygen atoms in total. The van der Waals surface area contributed by atoms with Crippen LogP contribution in [-0.4, -0.2) is 5.71 Å². The first-order valence-electron chi connectivity index (χ1n) is 5.75. The van der Waals surface area contributed by atoms with Crippen LogP contribution < -0.4 is 0 Å². The van der Waals surface area contributed by atoms with Crippen LogP contribution in [0.2, 0.25) is 0 Å². The minimum atomic E-state index is 0.543. The van der Waals surface area contributed by atoms with E-state index in [1.54, 1.807) is 0 Å². The Labute approximate surface area is 82.4 Å². The van der Waals surface area contributed by atoms with Gasteiger partial charge in [-0.3, -0.25) is 0 Å². The summed E-state index contributed by atoms with van der Waals surface area (Å²) in [5, 5.41) is 7.89. The minimum absolute atomic E-state index is 0.543. The summed E-state index contributed by atoms with van der Waals surface area (Å²) in [6.45, 7) is 2.23. The molecule has 0 aromatic heterocycles. The molecule has 0 aromatic rings. The lowest BCUT2D eigenvalue weighted by Gasteiger charge is -2.09. The summed E-state index contributed by atoms with van der Waals surface area (Å²) in [5.41, 5.74) is 0.994. The van der Waals surface area contributed by atoms with Crippen LogP contribution >= 0.6 is 0 Å². The van der Waals surface area contributed by atoms with E-state index in [1.165, 1.54) is 44.9 Å². The molecule has 1 rings (SSSR count). The molecule has 0 bridgehead atoms. The molecule has 75 valence electrons. The van der Waals surface area contributed by atoms with Gasteiger partial charge in [-0.1, -0.05) is 32.6 Å². The van der Waals surface area contributed by atoms with Crippen molar-refractivity contribution in [3.05, 3.63) is 6.42 Å². The Kier molecular flexibility index (Phi) is 5.10. The number of hydrogen-bond donors (Lipinski definition) is 1. The Morgan fingerprint density at radius 3 is 2.85 bits per heavy atom. The first kappa shape index (κ1) is 10.7. The Bertz CT molecular complexity index is 145. The molecular formula is C12H22N. The first-order valence-corrected chi connectivity index (χ1v) is 5.75. The fraction of sp³-hybridized carbons (Fsp3) is 0.833. The van der Waals surface area contributed by atoms with E-state index in [0.29, 0.717) is 5.92 Å². The van der Waals surface area contributed by atoms with Crippen molar-refractivity contribution in [2.45, 2.75) is 58.3 Å². The molecular weight excluding hydrogens is 158 g/mol. The quantitative estimate of drug-likeness (QED) is 0.472. The van der Waals surface area contributed by atoms with Crippen LogP contribution in [0, 0.1) is 17.7 Å². The molecule has 1 heteroatoms. The standard InChI is InChI=1S/C12H22N/c1-2-3-4-5-10-12(13)11-8-6-7-9-11/h8,11,13H,2-7,9-10H2,1H3. The summed E-state index contributed by atoms with van der Waals surface area (Å²) in [4.78, 5) is 0. The van der Waals surface area contributed by atoms with Crippen molar-refractivity contribution in [3.63, 3.8) is 0 Å². The minimum Gasteiger partial charge on any atom is -0.309 e. The summed E-state index contributed by atoms with van der Waals surface area (Å²) >= 11 is 0. The highest BCUT2D eigenvalue weighted by atomic mass is 14.5. The predicted molar refractivity (Wildman–Crippen MR) is 58.1 cm³/mol. The molecule has 0 saturated heterocycles. The molecule has 1 aliphatic rings. The predicted octanol–water partition coefficient (Wildman–Crippen LogP) is 3.98. The van der Waals surface area contributed by atoms with Crippen LogP contribution in [0.25, 0.3) is 0 Å². The van der Waals surface area contributed by atoms with Gasteiger partial charge in [-0.2, -0.15) is 0 Å². The van der Waals surface area contributed by atoms with E-state index in [0.717, 1.165) is 12.1 Å². The fourth-order valence-corrected chi connectivity index (χ4v) is 2.02. The Hall–Kier alpha value is -0.330. The van der Waals surface area contributed by atoms with Gasteiger partial charge in [-0.05, 0) is 38.0 Å². The molecule has 1 saturated carbocycles. The SMILES string of the molecule is CCCCCCC(=N)C1[CH]CCC1. The van der Waals surface area contributed by atoms with Gasteiger partial charge < -0.3 is 5.41 Å². The molecule has 0 spiro atoms. The number of rotatable bonds is 6. The van der Waals surface area contributed by atoms with E-state index < -0.39 is 0 Å². The lowest BCUT2D eigenvalue weighted by molar-refractivity contribution is 0.667. The molecule has 1 N–H and O–H groups in total. The maximum absolute atomic E-state index is 7.89. The maximum Gasteiger partial charge on any atom is 0.0123 e. The third-order valence-electron chi connectivity index (χ3n) is 2.92. The van der Waals surface area contributed by atoms with Gasteiger partial charge in [-0.15, -0.1) is 0 Å². The fourth-order valence-electron chi connectivity index (χ4n) is 2.02. The van der Waals surface area contributed by atoms with E-state index in [2.05, 4.69) is 13.3 Å². The van der Waals surface area contributed by atoms with Crippen LogP contribution in [0.5, 0.6) is 0 Å². The summed E-state index contributed by atoms with van der Waals surface area (Å²) in [6.07, 6.45) is 12.3. The van der Waals surface area contributed by atoms with Crippen molar-refractivity contribution >= 4 is 5.71 Å². The third kappa shape index (κ3) is 3.93. The van der Waals surface area contributed by atoms with Crippen LogP contribution in [0.1, 0.15) is 58.3 Å². The van der Waals surface area contributed by atoms with Crippen LogP contribution in [0.3, 0.4) is 0 Å². The van der Waals surface area contributed by atoms with Gasteiger partial charge in [0.1, 0.15) is 0 Å². The van der Waals surface area contributed by atoms with Gasteiger partial charge in [0.15, 0.2) is 0 Å². The first-order chi connectivity index (χ1) is 6.34. The molecule has 13 heavy (non-hydrogen) atoms. The Morgan fingerprint density at radius 1 is 1.38 bits per heavy atom. The van der Waals surface area contributed by atoms with Crippen LogP contribution in [0.4, 0.5) is 0 Å². The number of hydrogen-bond acceptors (Lipinski definition) is 1. The topological polar surface area (TPSA) is 23.9 Å². The van der Waals surface area contributed by atoms with Gasteiger partial charge in [0.05, 0.1) is 0 Å². The van der Waals surface area contributed by atoms with E-state index in [1.807, 2.05) is 0 Å². The zero-order valence-electron chi connectivity index (χ0n) is 8.81. The lowest BCUT2D eigenvalue weighted by atomic mass is 9.97. The van der Waals surface area contributed by atoms with E-state index in [-0.39, 0.29) is 0 Å². The molecule has 0 aliphatic heterocycles. The molecule has 1 fully saturated rings. The monoisotopic (exact) mass is 180 g/mol. The van der Waals surface area contributed by atoms with Gasteiger partial charge in [0, 0.05) is 5.71 Å². The smallest absolute Gasteiger partial charge is 0.0123 e. The van der Waals surface area contributed by atoms with Gasteiger partial charge in [-0.25, -0.2) is 0 Å². The molecule has 1 atom stereocenters. The van der Waals surface area contributed by atoms with Gasteiger partial charge in [0.25, 0.3) is 0 Å². The van der Waals surface area contributed by atoms with Crippen molar-refractivity contribution in [2.75, 3.05) is 0 Å². The van der Waals surface area contributed by atoms with Crippen LogP contribution in [-0.2, 0) is 0 Å². The molecule has 0 amide bonds. The number of nitrogens with one attached hydrogen (secondary N) is 1. The molecule has 1 radical (unpaired) electrons. The van der Waals surface area contributed by atoms with Crippen molar-refractivity contribution < 1.29 is 0 Å². The second kappa shape index (κ2) is 6.17.